The highest BCUT2D eigenvalue weighted by Crippen LogP contribution is 2.59. The fourth-order valence-corrected chi connectivity index (χ4v) is 7.28. The van der Waals surface area contributed by atoms with Gasteiger partial charge in [0.2, 0.25) is 0 Å². The quantitative estimate of drug-likeness (QED) is 0.129. The van der Waals surface area contributed by atoms with E-state index in [9.17, 15) is 0 Å². The first-order chi connectivity index (χ1) is 16.2. The molecule has 0 aromatic heterocycles. The molecule has 0 N–H and O–H groups in total. The zero-order chi connectivity index (χ0) is 23.8. The lowest BCUT2D eigenvalue weighted by Crippen LogP contribution is -2.61. The second-order valence-electron chi connectivity index (χ2n) is 10.8. The van der Waals surface area contributed by atoms with Crippen LogP contribution in [0.3, 0.4) is 0 Å². The Hall–Kier alpha value is -0.120. The first kappa shape index (κ1) is 29.1. The highest BCUT2D eigenvalue weighted by atomic mass is 16.9. The summed E-state index contributed by atoms with van der Waals surface area (Å²) < 4.78 is 20.1. The summed E-state index contributed by atoms with van der Waals surface area (Å²) in [5.74, 6) is 0.394. The third kappa shape index (κ3) is 7.94. The van der Waals surface area contributed by atoms with E-state index in [1.807, 2.05) is 0 Å². The second kappa shape index (κ2) is 16.5. The molecule has 196 valence electrons. The standard InChI is InChI=1S/C30H58O3/c1-5-9-10-11-16-21-26-29(27-22-17-12-13-18-23-27,28-24-19-14-15-20-25-28)30(31-6-2,32-7-3)33-8-4/h27-28H,5-26H2,1-4H3. The Morgan fingerprint density at radius 2 is 0.909 bits per heavy atom. The van der Waals surface area contributed by atoms with Crippen molar-refractivity contribution in [2.75, 3.05) is 19.8 Å². The summed E-state index contributed by atoms with van der Waals surface area (Å²) in [4.78, 5) is 0. The van der Waals surface area contributed by atoms with Crippen LogP contribution >= 0.6 is 0 Å². The number of unbranched alkanes of at least 4 members (excludes halogenated alkanes) is 5. The maximum absolute atomic E-state index is 6.72. The van der Waals surface area contributed by atoms with Crippen molar-refractivity contribution in [1.82, 2.24) is 0 Å². The summed E-state index contributed by atoms with van der Waals surface area (Å²) in [6.45, 7) is 10.6. The van der Waals surface area contributed by atoms with Gasteiger partial charge in [-0.05, 0) is 64.7 Å². The van der Waals surface area contributed by atoms with E-state index in [1.165, 1.54) is 122 Å². The van der Waals surface area contributed by atoms with Gasteiger partial charge < -0.3 is 14.2 Å². The van der Waals surface area contributed by atoms with Crippen LogP contribution in [0, 0.1) is 17.3 Å². The fraction of sp³-hybridized carbons (Fsp3) is 1.00. The van der Waals surface area contributed by atoms with Crippen molar-refractivity contribution in [3.05, 3.63) is 0 Å². The molecule has 2 fully saturated rings. The number of rotatable bonds is 16. The van der Waals surface area contributed by atoms with Gasteiger partial charge in [-0.1, -0.05) is 96.8 Å². The average molecular weight is 467 g/mol. The summed E-state index contributed by atoms with van der Waals surface area (Å²) >= 11 is 0. The molecule has 2 rings (SSSR count). The molecule has 0 heterocycles. The largest absolute Gasteiger partial charge is 0.327 e. The SMILES string of the molecule is CCCCCCCCC(C1CCCCCC1)(C1CCCCCC1)C(OCC)(OCC)OCC. The maximum Gasteiger partial charge on any atom is 0.289 e. The lowest BCUT2D eigenvalue weighted by atomic mass is 9.57. The molecular formula is C30H58O3. The van der Waals surface area contributed by atoms with Gasteiger partial charge in [-0.25, -0.2) is 0 Å². The number of hydrogen-bond donors (Lipinski definition) is 0. The third-order valence-corrected chi connectivity index (χ3v) is 8.68. The van der Waals surface area contributed by atoms with Crippen molar-refractivity contribution in [2.24, 2.45) is 17.3 Å². The van der Waals surface area contributed by atoms with Crippen LogP contribution < -0.4 is 0 Å². The molecule has 0 atom stereocenters. The minimum Gasteiger partial charge on any atom is -0.327 e. The molecule has 0 aromatic rings. The van der Waals surface area contributed by atoms with Gasteiger partial charge in [-0.2, -0.15) is 0 Å². The molecule has 3 nitrogen and oxygen atoms in total. The summed E-state index contributed by atoms with van der Waals surface area (Å²) in [5.41, 5.74) is -0.0333. The Labute approximate surface area is 207 Å². The fourth-order valence-electron chi connectivity index (χ4n) is 7.28. The van der Waals surface area contributed by atoms with Gasteiger partial charge in [0.1, 0.15) is 0 Å². The average Bonchev–Trinajstić information content (AvgIpc) is 3.25. The molecule has 0 radical (unpaired) electrons. The van der Waals surface area contributed by atoms with Crippen LogP contribution in [0.5, 0.6) is 0 Å². The predicted octanol–water partition coefficient (Wildman–Crippen LogP) is 9.43. The minimum absolute atomic E-state index is 0.0333. The Balaban J connectivity index is 2.49. The molecule has 0 aromatic carbocycles. The summed E-state index contributed by atoms with van der Waals surface area (Å²) in [5, 5.41) is 0. The van der Waals surface area contributed by atoms with Crippen LogP contribution in [0.15, 0.2) is 0 Å². The lowest BCUT2D eigenvalue weighted by Gasteiger charge is -2.56. The molecule has 0 amide bonds. The van der Waals surface area contributed by atoms with Crippen LogP contribution in [0.1, 0.15) is 150 Å². The summed E-state index contributed by atoms with van der Waals surface area (Å²) in [6, 6.07) is 0. The van der Waals surface area contributed by atoms with Gasteiger partial charge in [-0.3, -0.25) is 0 Å². The van der Waals surface area contributed by atoms with Crippen LogP contribution in [-0.2, 0) is 14.2 Å². The van der Waals surface area contributed by atoms with E-state index in [0.29, 0.717) is 31.7 Å². The van der Waals surface area contributed by atoms with E-state index in [1.54, 1.807) is 0 Å². The minimum atomic E-state index is -0.890. The Kier molecular flexibility index (Phi) is 14.6. The highest BCUT2D eigenvalue weighted by Gasteiger charge is 2.61. The van der Waals surface area contributed by atoms with E-state index >= 15 is 0 Å². The smallest absolute Gasteiger partial charge is 0.289 e. The zero-order valence-corrected chi connectivity index (χ0v) is 22.9. The topological polar surface area (TPSA) is 27.7 Å². The second-order valence-corrected chi connectivity index (χ2v) is 10.8. The van der Waals surface area contributed by atoms with Gasteiger partial charge in [0.05, 0.1) is 5.41 Å². The Morgan fingerprint density at radius 3 is 1.30 bits per heavy atom. The molecule has 0 saturated heterocycles. The van der Waals surface area contributed by atoms with Gasteiger partial charge in [-0.15, -0.1) is 0 Å². The van der Waals surface area contributed by atoms with Crippen molar-refractivity contribution >= 4 is 0 Å². The molecule has 0 unspecified atom stereocenters. The molecular weight excluding hydrogens is 408 g/mol. The van der Waals surface area contributed by atoms with Gasteiger partial charge in [0.15, 0.2) is 0 Å². The van der Waals surface area contributed by atoms with Crippen LogP contribution in [-0.4, -0.2) is 25.8 Å². The molecule has 2 saturated carbocycles. The monoisotopic (exact) mass is 466 g/mol. The van der Waals surface area contributed by atoms with Crippen LogP contribution in [0.2, 0.25) is 0 Å². The van der Waals surface area contributed by atoms with E-state index in [-0.39, 0.29) is 5.41 Å². The molecule has 0 spiro atoms. The number of ether oxygens (including phenoxy) is 3. The third-order valence-electron chi connectivity index (χ3n) is 8.68. The van der Waals surface area contributed by atoms with E-state index in [0.717, 1.165) is 0 Å². The normalized spacial score (nSPS) is 20.0. The highest BCUT2D eigenvalue weighted by molar-refractivity contribution is 5.00. The molecule has 33 heavy (non-hydrogen) atoms. The molecule has 0 aliphatic heterocycles. The zero-order valence-electron chi connectivity index (χ0n) is 22.9. The maximum atomic E-state index is 6.72. The molecule has 3 heteroatoms. The molecule has 2 aliphatic carbocycles. The Morgan fingerprint density at radius 1 is 0.515 bits per heavy atom. The summed E-state index contributed by atoms with van der Waals surface area (Å²) in [7, 11) is 0. The first-order valence-corrected chi connectivity index (χ1v) is 15.1. The van der Waals surface area contributed by atoms with Crippen molar-refractivity contribution in [2.45, 2.75) is 156 Å². The van der Waals surface area contributed by atoms with Crippen molar-refractivity contribution in [3.8, 4) is 0 Å². The van der Waals surface area contributed by atoms with Gasteiger partial charge in [0.25, 0.3) is 5.97 Å². The predicted molar refractivity (Wildman–Crippen MR) is 140 cm³/mol. The van der Waals surface area contributed by atoms with Gasteiger partial charge >= 0.3 is 0 Å². The first-order valence-electron chi connectivity index (χ1n) is 15.1. The van der Waals surface area contributed by atoms with Gasteiger partial charge in [0, 0.05) is 19.8 Å². The van der Waals surface area contributed by atoms with E-state index < -0.39 is 5.97 Å². The van der Waals surface area contributed by atoms with E-state index in [4.69, 9.17) is 14.2 Å². The number of hydrogen-bond acceptors (Lipinski definition) is 3. The van der Waals surface area contributed by atoms with Crippen LogP contribution in [0.25, 0.3) is 0 Å². The molecule has 0 bridgehead atoms. The van der Waals surface area contributed by atoms with E-state index in [2.05, 4.69) is 27.7 Å². The van der Waals surface area contributed by atoms with Crippen molar-refractivity contribution < 1.29 is 14.2 Å². The summed E-state index contributed by atoms with van der Waals surface area (Å²) in [6.07, 6.45) is 25.5. The molecule has 2 aliphatic rings. The Bertz CT molecular complexity index is 424. The van der Waals surface area contributed by atoms with Crippen LogP contribution in [0.4, 0.5) is 0 Å². The van der Waals surface area contributed by atoms with Crippen molar-refractivity contribution in [3.63, 3.8) is 0 Å². The van der Waals surface area contributed by atoms with Crippen molar-refractivity contribution in [1.29, 1.82) is 0 Å². The lowest BCUT2D eigenvalue weighted by molar-refractivity contribution is -0.448.